The van der Waals surface area contributed by atoms with Crippen molar-refractivity contribution in [2.75, 3.05) is 11.9 Å². The Bertz CT molecular complexity index is 773. The normalized spacial score (nSPS) is 12.9. The largest absolute Gasteiger partial charge is 0.488 e. The highest BCUT2D eigenvalue weighted by Crippen LogP contribution is 2.31. The molecule has 1 aliphatic heterocycles. The molecule has 0 aromatic heterocycles. The van der Waals surface area contributed by atoms with Crippen molar-refractivity contribution in [1.82, 2.24) is 0 Å². The van der Waals surface area contributed by atoms with Crippen LogP contribution in [0.2, 0.25) is 0 Å². The van der Waals surface area contributed by atoms with E-state index in [0.29, 0.717) is 12.2 Å². The summed E-state index contributed by atoms with van der Waals surface area (Å²) in [4.78, 5) is 12.4. The summed E-state index contributed by atoms with van der Waals surface area (Å²) in [7, 11) is 0. The number of nitrogens with one attached hydrogen (secondary N) is 1. The van der Waals surface area contributed by atoms with Gasteiger partial charge in [0.05, 0.1) is 5.57 Å². The molecule has 3 heteroatoms. The fraction of sp³-hybridized carbons (Fsp3) is 0.250. The van der Waals surface area contributed by atoms with Crippen molar-refractivity contribution < 1.29 is 9.53 Å². The highest BCUT2D eigenvalue weighted by molar-refractivity contribution is 6.07. The van der Waals surface area contributed by atoms with Gasteiger partial charge in [0.2, 0.25) is 0 Å². The molecule has 0 bridgehead atoms. The number of hydrogen-bond donors (Lipinski definition) is 1. The van der Waals surface area contributed by atoms with Crippen LogP contribution in [-0.4, -0.2) is 12.5 Å². The number of anilines is 1. The molecule has 0 aliphatic carbocycles. The van der Waals surface area contributed by atoms with Gasteiger partial charge < -0.3 is 10.1 Å². The summed E-state index contributed by atoms with van der Waals surface area (Å²) in [5.74, 6) is 0.771. The Labute approximate surface area is 137 Å². The van der Waals surface area contributed by atoms with E-state index in [1.54, 1.807) is 0 Å². The quantitative estimate of drug-likeness (QED) is 0.919. The summed E-state index contributed by atoms with van der Waals surface area (Å²) in [5, 5.41) is 2.93. The predicted octanol–water partition coefficient (Wildman–Crippen LogP) is 4.28. The molecule has 0 radical (unpaired) electrons. The zero-order chi connectivity index (χ0) is 16.4. The number of carbonyl (C=O) groups excluding carboxylic acids is 1. The third-order valence-corrected chi connectivity index (χ3v) is 4.07. The van der Waals surface area contributed by atoms with E-state index in [1.807, 2.05) is 44.2 Å². The molecule has 0 saturated heterocycles. The second kappa shape index (κ2) is 6.29. The van der Waals surface area contributed by atoms with Crippen molar-refractivity contribution in [3.8, 4) is 5.75 Å². The van der Waals surface area contributed by atoms with E-state index in [2.05, 4.69) is 24.4 Å². The molecule has 0 spiro atoms. The first kappa shape index (κ1) is 15.3. The van der Waals surface area contributed by atoms with Gasteiger partial charge in [0.25, 0.3) is 5.91 Å². The summed E-state index contributed by atoms with van der Waals surface area (Å²) in [6, 6.07) is 12.0. The molecule has 1 N–H and O–H groups in total. The van der Waals surface area contributed by atoms with Crippen LogP contribution in [-0.2, 0) is 11.2 Å². The first-order chi connectivity index (χ1) is 11.1. The van der Waals surface area contributed by atoms with Crippen molar-refractivity contribution in [3.63, 3.8) is 0 Å². The van der Waals surface area contributed by atoms with E-state index in [4.69, 9.17) is 4.74 Å². The Kier molecular flexibility index (Phi) is 4.20. The van der Waals surface area contributed by atoms with Crippen LogP contribution in [0.25, 0.3) is 6.08 Å². The third-order valence-electron chi connectivity index (χ3n) is 4.07. The van der Waals surface area contributed by atoms with Crippen LogP contribution in [0.5, 0.6) is 5.75 Å². The van der Waals surface area contributed by atoms with Crippen molar-refractivity contribution in [1.29, 1.82) is 0 Å². The molecule has 2 aromatic carbocycles. The Morgan fingerprint density at radius 1 is 1.17 bits per heavy atom. The Hall–Kier alpha value is -2.55. The van der Waals surface area contributed by atoms with Gasteiger partial charge in [-0.25, -0.2) is 0 Å². The van der Waals surface area contributed by atoms with Crippen molar-refractivity contribution in [3.05, 3.63) is 64.2 Å². The summed E-state index contributed by atoms with van der Waals surface area (Å²) in [6.45, 7) is 6.49. The maximum Gasteiger partial charge on any atom is 0.255 e. The van der Waals surface area contributed by atoms with E-state index in [1.165, 1.54) is 11.1 Å². The van der Waals surface area contributed by atoms with Crippen LogP contribution >= 0.6 is 0 Å². The van der Waals surface area contributed by atoms with Gasteiger partial charge in [-0.1, -0.05) is 30.7 Å². The molecule has 1 aliphatic rings. The highest BCUT2D eigenvalue weighted by Gasteiger charge is 2.19. The standard InChI is InChI=1S/C20H21NO2/c1-4-15-9-14(3)19-16(10-15)11-17(12-23-19)20(22)21-18-7-5-13(2)6-8-18/h5-11H,4,12H2,1-3H3,(H,21,22). The lowest BCUT2D eigenvalue weighted by Crippen LogP contribution is -2.21. The van der Waals surface area contributed by atoms with Gasteiger partial charge >= 0.3 is 0 Å². The molecule has 3 rings (SSSR count). The summed E-state index contributed by atoms with van der Waals surface area (Å²) in [5.41, 5.74) is 5.97. The number of hydrogen-bond acceptors (Lipinski definition) is 2. The van der Waals surface area contributed by atoms with E-state index < -0.39 is 0 Å². The number of fused-ring (bicyclic) bond motifs is 1. The van der Waals surface area contributed by atoms with Crippen LogP contribution in [0.3, 0.4) is 0 Å². The minimum absolute atomic E-state index is 0.112. The zero-order valence-electron chi connectivity index (χ0n) is 13.8. The molecule has 0 atom stereocenters. The van der Waals surface area contributed by atoms with Crippen molar-refractivity contribution in [2.24, 2.45) is 0 Å². The van der Waals surface area contributed by atoms with E-state index in [-0.39, 0.29) is 5.91 Å². The molecule has 118 valence electrons. The van der Waals surface area contributed by atoms with Gasteiger partial charge in [-0.05, 0) is 55.7 Å². The number of carbonyl (C=O) groups is 1. The third kappa shape index (κ3) is 3.29. The van der Waals surface area contributed by atoms with Crippen LogP contribution < -0.4 is 10.1 Å². The molecule has 0 fully saturated rings. The van der Waals surface area contributed by atoms with E-state index in [9.17, 15) is 4.79 Å². The van der Waals surface area contributed by atoms with Crippen LogP contribution in [0.4, 0.5) is 5.69 Å². The predicted molar refractivity (Wildman–Crippen MR) is 93.8 cm³/mol. The Morgan fingerprint density at radius 3 is 2.61 bits per heavy atom. The van der Waals surface area contributed by atoms with Gasteiger partial charge in [-0.3, -0.25) is 4.79 Å². The van der Waals surface area contributed by atoms with Crippen molar-refractivity contribution in [2.45, 2.75) is 27.2 Å². The molecule has 3 nitrogen and oxygen atoms in total. The minimum atomic E-state index is -0.112. The van der Waals surface area contributed by atoms with E-state index in [0.717, 1.165) is 29.0 Å². The number of benzene rings is 2. The maximum atomic E-state index is 12.4. The molecule has 2 aromatic rings. The number of rotatable bonds is 3. The molecule has 23 heavy (non-hydrogen) atoms. The van der Waals surface area contributed by atoms with Gasteiger partial charge in [-0.15, -0.1) is 0 Å². The second-order valence-corrected chi connectivity index (χ2v) is 5.96. The van der Waals surface area contributed by atoms with Crippen LogP contribution in [0.15, 0.2) is 42.0 Å². The molecule has 1 amide bonds. The first-order valence-electron chi connectivity index (χ1n) is 7.91. The Balaban J connectivity index is 1.85. The molecular weight excluding hydrogens is 286 g/mol. The number of amides is 1. The fourth-order valence-corrected chi connectivity index (χ4v) is 2.75. The zero-order valence-corrected chi connectivity index (χ0v) is 13.8. The lowest BCUT2D eigenvalue weighted by atomic mass is 9.99. The van der Waals surface area contributed by atoms with E-state index >= 15 is 0 Å². The van der Waals surface area contributed by atoms with Gasteiger partial charge in [-0.2, -0.15) is 0 Å². The monoisotopic (exact) mass is 307 g/mol. The van der Waals surface area contributed by atoms with Gasteiger partial charge in [0.15, 0.2) is 0 Å². The van der Waals surface area contributed by atoms with Crippen LogP contribution in [0.1, 0.15) is 29.2 Å². The lowest BCUT2D eigenvalue weighted by molar-refractivity contribution is -0.113. The molecular formula is C20H21NO2. The topological polar surface area (TPSA) is 38.3 Å². The summed E-state index contributed by atoms with van der Waals surface area (Å²) in [6.07, 6.45) is 2.90. The Morgan fingerprint density at radius 2 is 1.91 bits per heavy atom. The SMILES string of the molecule is CCc1cc(C)c2c(c1)C=C(C(=O)Nc1ccc(C)cc1)CO2. The highest BCUT2D eigenvalue weighted by atomic mass is 16.5. The van der Waals surface area contributed by atoms with Gasteiger partial charge in [0, 0.05) is 11.3 Å². The summed E-state index contributed by atoms with van der Waals surface area (Å²) < 4.78 is 5.82. The lowest BCUT2D eigenvalue weighted by Gasteiger charge is -2.20. The first-order valence-corrected chi connectivity index (χ1v) is 7.91. The average molecular weight is 307 g/mol. The number of aryl methyl sites for hydroxylation is 3. The molecule has 1 heterocycles. The molecule has 0 saturated carbocycles. The molecule has 0 unspecified atom stereocenters. The summed E-state index contributed by atoms with van der Waals surface area (Å²) >= 11 is 0. The second-order valence-electron chi connectivity index (χ2n) is 5.96. The smallest absolute Gasteiger partial charge is 0.255 e. The maximum absolute atomic E-state index is 12.4. The minimum Gasteiger partial charge on any atom is -0.488 e. The number of ether oxygens (including phenoxy) is 1. The van der Waals surface area contributed by atoms with Crippen molar-refractivity contribution >= 4 is 17.7 Å². The average Bonchev–Trinajstić information content (AvgIpc) is 2.56. The van der Waals surface area contributed by atoms with Crippen LogP contribution in [0, 0.1) is 13.8 Å². The fourth-order valence-electron chi connectivity index (χ4n) is 2.75. The van der Waals surface area contributed by atoms with Gasteiger partial charge in [0.1, 0.15) is 12.4 Å².